The minimum absolute atomic E-state index is 0.234. The predicted molar refractivity (Wildman–Crippen MR) is 92.0 cm³/mol. The molecule has 25 heavy (non-hydrogen) atoms. The van der Waals surface area contributed by atoms with Gasteiger partial charge in [-0.1, -0.05) is 37.3 Å². The van der Waals surface area contributed by atoms with Gasteiger partial charge in [0, 0.05) is 6.54 Å². The number of para-hydroxylation sites is 1. The number of hydrogen-bond acceptors (Lipinski definition) is 5. The molecule has 0 aliphatic rings. The normalized spacial score (nSPS) is 11.0. The van der Waals surface area contributed by atoms with Gasteiger partial charge in [-0.2, -0.15) is 0 Å². The summed E-state index contributed by atoms with van der Waals surface area (Å²) in [7, 11) is 0. The topological polar surface area (TPSA) is 90.5 Å². The van der Waals surface area contributed by atoms with Crippen molar-refractivity contribution in [3.8, 4) is 5.69 Å². The summed E-state index contributed by atoms with van der Waals surface area (Å²) in [6.07, 6.45) is 4.28. The Bertz CT molecular complexity index is 822. The first-order valence-electron chi connectivity index (χ1n) is 8.26. The van der Waals surface area contributed by atoms with Crippen LogP contribution in [0, 0.1) is 5.92 Å². The van der Waals surface area contributed by atoms with Gasteiger partial charge in [-0.3, -0.25) is 9.48 Å². The minimum Gasteiger partial charge on any atom is -0.343 e. The van der Waals surface area contributed by atoms with E-state index in [1.165, 1.54) is 0 Å². The third-order valence-corrected chi connectivity index (χ3v) is 3.67. The van der Waals surface area contributed by atoms with Gasteiger partial charge in [0.2, 0.25) is 0 Å². The van der Waals surface area contributed by atoms with E-state index >= 15 is 0 Å². The molecule has 3 aromatic rings. The molecular formula is C17H21N7O. The molecule has 8 nitrogen and oxygen atoms in total. The number of nitrogens with zero attached hydrogens (tertiary/aromatic N) is 6. The van der Waals surface area contributed by atoms with Gasteiger partial charge in [0.05, 0.1) is 18.4 Å². The second kappa shape index (κ2) is 7.69. The van der Waals surface area contributed by atoms with Crippen molar-refractivity contribution in [2.24, 2.45) is 5.92 Å². The molecule has 0 radical (unpaired) electrons. The molecule has 0 atom stereocenters. The fraction of sp³-hybridized carbons (Fsp3) is 0.353. The van der Waals surface area contributed by atoms with Crippen LogP contribution in [-0.2, 0) is 13.1 Å². The van der Waals surface area contributed by atoms with Crippen molar-refractivity contribution < 1.29 is 4.79 Å². The fourth-order valence-electron chi connectivity index (χ4n) is 2.24. The number of amides is 1. The Kier molecular flexibility index (Phi) is 5.17. The number of carbonyl (C=O) groups is 1. The Morgan fingerprint density at radius 3 is 2.80 bits per heavy atom. The summed E-state index contributed by atoms with van der Waals surface area (Å²) in [6, 6.07) is 9.68. The molecule has 130 valence electrons. The molecule has 0 aliphatic carbocycles. The second-order valence-corrected chi connectivity index (χ2v) is 6.17. The third kappa shape index (κ3) is 4.50. The molecule has 2 aromatic heterocycles. The predicted octanol–water partition coefficient (Wildman–Crippen LogP) is 1.83. The van der Waals surface area contributed by atoms with Crippen molar-refractivity contribution in [3.63, 3.8) is 0 Å². The number of hydrogen-bond donors (Lipinski definition) is 1. The Morgan fingerprint density at radius 2 is 2.04 bits per heavy atom. The van der Waals surface area contributed by atoms with E-state index in [1.54, 1.807) is 21.9 Å². The Hall–Kier alpha value is -3.03. The van der Waals surface area contributed by atoms with Gasteiger partial charge >= 0.3 is 0 Å². The lowest BCUT2D eigenvalue weighted by molar-refractivity contribution is 0.0945. The highest BCUT2D eigenvalue weighted by molar-refractivity contribution is 5.91. The van der Waals surface area contributed by atoms with Gasteiger partial charge in [-0.05, 0) is 24.5 Å². The van der Waals surface area contributed by atoms with Crippen molar-refractivity contribution in [3.05, 3.63) is 54.4 Å². The first-order chi connectivity index (χ1) is 12.1. The number of rotatable bonds is 7. The van der Waals surface area contributed by atoms with Crippen LogP contribution in [0.2, 0.25) is 0 Å². The quantitative estimate of drug-likeness (QED) is 0.709. The number of benzene rings is 1. The van der Waals surface area contributed by atoms with E-state index < -0.39 is 0 Å². The lowest BCUT2D eigenvalue weighted by atomic mass is 10.1. The van der Waals surface area contributed by atoms with Crippen LogP contribution in [0.25, 0.3) is 5.69 Å². The van der Waals surface area contributed by atoms with E-state index in [0.717, 1.165) is 18.7 Å². The molecule has 1 amide bonds. The molecule has 0 spiro atoms. The van der Waals surface area contributed by atoms with Gasteiger partial charge in [-0.25, -0.2) is 9.67 Å². The maximum atomic E-state index is 12.2. The van der Waals surface area contributed by atoms with Crippen molar-refractivity contribution in [1.29, 1.82) is 0 Å². The van der Waals surface area contributed by atoms with E-state index in [-0.39, 0.29) is 12.5 Å². The fourth-order valence-corrected chi connectivity index (χ4v) is 2.24. The van der Waals surface area contributed by atoms with Crippen molar-refractivity contribution in [2.75, 3.05) is 0 Å². The summed E-state index contributed by atoms with van der Waals surface area (Å²) in [4.78, 5) is 16.4. The largest absolute Gasteiger partial charge is 0.343 e. The number of carbonyl (C=O) groups excluding carboxylic acids is 1. The highest BCUT2D eigenvalue weighted by atomic mass is 16.2. The zero-order valence-corrected chi connectivity index (χ0v) is 14.3. The summed E-state index contributed by atoms with van der Waals surface area (Å²) in [5, 5.41) is 15.0. The molecule has 0 aliphatic heterocycles. The standard InChI is InChI=1S/C17H21N7O/c1-13(2)8-9-23-11-15(20-22-23)17(25)18-10-16-19-12-24(21-16)14-6-4-3-5-7-14/h3-7,11-13H,8-10H2,1-2H3,(H,18,25). The number of nitrogens with one attached hydrogen (secondary N) is 1. The van der Waals surface area contributed by atoms with Gasteiger partial charge in [-0.15, -0.1) is 10.2 Å². The van der Waals surface area contributed by atoms with E-state index in [1.807, 2.05) is 30.3 Å². The monoisotopic (exact) mass is 339 g/mol. The lowest BCUT2D eigenvalue weighted by Crippen LogP contribution is -2.24. The minimum atomic E-state index is -0.285. The third-order valence-electron chi connectivity index (χ3n) is 3.67. The van der Waals surface area contributed by atoms with E-state index in [9.17, 15) is 4.79 Å². The maximum Gasteiger partial charge on any atom is 0.273 e. The summed E-state index contributed by atoms with van der Waals surface area (Å²) in [5.74, 6) is 0.823. The molecule has 1 aromatic carbocycles. The molecule has 0 saturated carbocycles. The molecule has 8 heteroatoms. The van der Waals surface area contributed by atoms with Crippen molar-refractivity contribution in [1.82, 2.24) is 35.1 Å². The molecule has 3 rings (SSSR count). The molecule has 0 bridgehead atoms. The smallest absolute Gasteiger partial charge is 0.273 e. The number of aromatic nitrogens is 6. The average Bonchev–Trinajstić information content (AvgIpc) is 3.28. The first kappa shape index (κ1) is 16.8. The van der Waals surface area contributed by atoms with Crippen LogP contribution < -0.4 is 5.32 Å². The SMILES string of the molecule is CC(C)CCn1cc(C(=O)NCc2ncn(-c3ccccc3)n2)nn1. The first-order valence-corrected chi connectivity index (χ1v) is 8.26. The molecule has 0 unspecified atom stereocenters. The van der Waals surface area contributed by atoms with Crippen LogP contribution >= 0.6 is 0 Å². The average molecular weight is 339 g/mol. The Labute approximate surface area is 145 Å². The molecular weight excluding hydrogens is 318 g/mol. The number of aryl methyl sites for hydroxylation is 1. The maximum absolute atomic E-state index is 12.2. The molecule has 0 saturated heterocycles. The van der Waals surface area contributed by atoms with E-state index in [2.05, 4.69) is 39.6 Å². The lowest BCUT2D eigenvalue weighted by Gasteiger charge is -2.02. The molecule has 0 fully saturated rings. The van der Waals surface area contributed by atoms with Gasteiger partial charge in [0.1, 0.15) is 6.33 Å². The van der Waals surface area contributed by atoms with Gasteiger partial charge in [0.15, 0.2) is 11.5 Å². The summed E-state index contributed by atoms with van der Waals surface area (Å²) in [6.45, 7) is 5.27. The van der Waals surface area contributed by atoms with Gasteiger partial charge < -0.3 is 5.32 Å². The van der Waals surface area contributed by atoms with Crippen LogP contribution in [0.15, 0.2) is 42.9 Å². The zero-order chi connectivity index (χ0) is 17.6. The summed E-state index contributed by atoms with van der Waals surface area (Å²) >= 11 is 0. The molecule has 2 heterocycles. The zero-order valence-electron chi connectivity index (χ0n) is 14.3. The van der Waals surface area contributed by atoms with E-state index in [0.29, 0.717) is 17.4 Å². The second-order valence-electron chi connectivity index (χ2n) is 6.17. The summed E-state index contributed by atoms with van der Waals surface area (Å²) in [5.41, 5.74) is 1.21. The van der Waals surface area contributed by atoms with Crippen LogP contribution in [0.3, 0.4) is 0 Å². The Morgan fingerprint density at radius 1 is 1.24 bits per heavy atom. The summed E-state index contributed by atoms with van der Waals surface area (Å²) < 4.78 is 3.36. The highest BCUT2D eigenvalue weighted by Gasteiger charge is 2.12. The van der Waals surface area contributed by atoms with Crippen LogP contribution in [0.1, 0.15) is 36.6 Å². The van der Waals surface area contributed by atoms with Crippen molar-refractivity contribution >= 4 is 5.91 Å². The van der Waals surface area contributed by atoms with Crippen LogP contribution in [0.4, 0.5) is 0 Å². The van der Waals surface area contributed by atoms with Crippen LogP contribution in [-0.4, -0.2) is 35.7 Å². The van der Waals surface area contributed by atoms with Crippen LogP contribution in [0.5, 0.6) is 0 Å². The van der Waals surface area contributed by atoms with Crippen molar-refractivity contribution in [2.45, 2.75) is 33.4 Å². The Balaban J connectivity index is 1.55. The molecule has 1 N–H and O–H groups in total. The van der Waals surface area contributed by atoms with Gasteiger partial charge in [0.25, 0.3) is 5.91 Å². The highest BCUT2D eigenvalue weighted by Crippen LogP contribution is 2.05. The van der Waals surface area contributed by atoms with E-state index in [4.69, 9.17) is 0 Å².